The Morgan fingerprint density at radius 3 is 1.59 bits per heavy atom. The lowest BCUT2D eigenvalue weighted by molar-refractivity contribution is 0.669. The molecule has 5 heteroatoms. The number of nitrogens with zero attached hydrogens (tertiary/aromatic N) is 4. The Kier molecular flexibility index (Phi) is 7.16. The van der Waals surface area contributed by atoms with E-state index >= 15 is 0 Å². The minimum Gasteiger partial charge on any atom is -0.456 e. The fourth-order valence-corrected chi connectivity index (χ4v) is 8.73. The van der Waals surface area contributed by atoms with Gasteiger partial charge in [-0.25, -0.2) is 15.0 Å². The van der Waals surface area contributed by atoms with Gasteiger partial charge < -0.3 is 8.98 Å². The van der Waals surface area contributed by atoms with E-state index in [1.165, 1.54) is 43.4 Å². The first-order valence-electron chi connectivity index (χ1n) is 19.5. The van der Waals surface area contributed by atoms with E-state index in [-0.39, 0.29) is 0 Å². The molecule has 270 valence electrons. The maximum Gasteiger partial charge on any atom is 0.164 e. The van der Waals surface area contributed by atoms with Crippen LogP contribution in [0.4, 0.5) is 0 Å². The molecule has 3 aromatic heterocycles. The average Bonchev–Trinajstić information content (AvgIpc) is 3.84. The molecule has 0 spiro atoms. The molecular weight excluding hydrogens is 709 g/mol. The number of benzene rings is 9. The highest BCUT2D eigenvalue weighted by Gasteiger charge is 2.22. The van der Waals surface area contributed by atoms with Crippen molar-refractivity contribution in [1.29, 1.82) is 0 Å². The van der Waals surface area contributed by atoms with Crippen molar-refractivity contribution in [3.05, 3.63) is 194 Å². The number of furan rings is 1. The van der Waals surface area contributed by atoms with Crippen molar-refractivity contribution in [3.63, 3.8) is 0 Å². The summed E-state index contributed by atoms with van der Waals surface area (Å²) in [5.74, 6) is 1.90. The van der Waals surface area contributed by atoms with Gasteiger partial charge in [0.1, 0.15) is 11.2 Å². The summed E-state index contributed by atoms with van der Waals surface area (Å²) in [6.07, 6.45) is 0. The van der Waals surface area contributed by atoms with E-state index < -0.39 is 0 Å². The SMILES string of the molecule is c1ccc(-c2nc(-c3ccccc3)nc(-c3ccc(-n4c5c(-c6ccc7oc8ccccc8c7c6)c6ccccc6cc5c5ccc6ccccc6c54)cc3)n2)cc1. The third kappa shape index (κ3) is 5.07. The molecule has 0 fully saturated rings. The smallest absolute Gasteiger partial charge is 0.164 e. The van der Waals surface area contributed by atoms with Crippen LogP contribution < -0.4 is 0 Å². The molecule has 0 bridgehead atoms. The minimum atomic E-state index is 0.624. The first-order chi connectivity index (χ1) is 28.7. The van der Waals surface area contributed by atoms with Crippen LogP contribution in [-0.2, 0) is 0 Å². The monoisotopic (exact) mass is 740 g/mol. The summed E-state index contributed by atoms with van der Waals surface area (Å²) in [4.78, 5) is 15.0. The lowest BCUT2D eigenvalue weighted by Gasteiger charge is -2.16. The van der Waals surface area contributed by atoms with Gasteiger partial charge in [-0.05, 0) is 70.3 Å². The normalized spacial score (nSPS) is 11.8. The van der Waals surface area contributed by atoms with Gasteiger partial charge in [0, 0.05) is 54.9 Å². The van der Waals surface area contributed by atoms with E-state index in [1.807, 2.05) is 72.8 Å². The molecule has 12 aromatic rings. The molecule has 0 saturated heterocycles. The molecule has 0 saturated carbocycles. The van der Waals surface area contributed by atoms with Gasteiger partial charge in [0.05, 0.1) is 11.0 Å². The van der Waals surface area contributed by atoms with Crippen LogP contribution in [0.15, 0.2) is 199 Å². The second-order valence-electron chi connectivity index (χ2n) is 14.8. The predicted octanol–water partition coefficient (Wildman–Crippen LogP) is 13.8. The molecule has 5 nitrogen and oxygen atoms in total. The Balaban J connectivity index is 1.13. The first kappa shape index (κ1) is 32.4. The second-order valence-corrected chi connectivity index (χ2v) is 14.8. The number of rotatable bonds is 5. The van der Waals surface area contributed by atoms with Crippen molar-refractivity contribution in [3.8, 4) is 51.0 Å². The van der Waals surface area contributed by atoms with Gasteiger partial charge in [-0.3, -0.25) is 0 Å². The zero-order chi connectivity index (χ0) is 38.2. The summed E-state index contributed by atoms with van der Waals surface area (Å²) in [5.41, 5.74) is 10.3. The zero-order valence-electron chi connectivity index (χ0n) is 31.2. The van der Waals surface area contributed by atoms with Gasteiger partial charge in [0.25, 0.3) is 0 Å². The molecular formula is C53H32N4O. The summed E-state index contributed by atoms with van der Waals surface area (Å²) >= 11 is 0. The van der Waals surface area contributed by atoms with Crippen LogP contribution in [0.25, 0.3) is 116 Å². The summed E-state index contributed by atoms with van der Waals surface area (Å²) < 4.78 is 8.77. The molecule has 58 heavy (non-hydrogen) atoms. The number of hydrogen-bond donors (Lipinski definition) is 0. The van der Waals surface area contributed by atoms with E-state index in [4.69, 9.17) is 19.4 Å². The maximum atomic E-state index is 6.30. The van der Waals surface area contributed by atoms with E-state index in [9.17, 15) is 0 Å². The van der Waals surface area contributed by atoms with Gasteiger partial charge in [0.15, 0.2) is 17.5 Å². The third-order valence-electron chi connectivity index (χ3n) is 11.4. The Morgan fingerprint density at radius 2 is 0.879 bits per heavy atom. The second kappa shape index (κ2) is 12.8. The summed E-state index contributed by atoms with van der Waals surface area (Å²) in [5, 5.41) is 9.41. The first-order valence-corrected chi connectivity index (χ1v) is 19.5. The van der Waals surface area contributed by atoms with Crippen LogP contribution in [0.3, 0.4) is 0 Å². The molecule has 0 atom stereocenters. The topological polar surface area (TPSA) is 56.7 Å². The summed E-state index contributed by atoms with van der Waals surface area (Å²) in [6, 6.07) is 68.2. The Labute approximate surface area is 333 Å². The Hall–Kier alpha value is -7.89. The van der Waals surface area contributed by atoms with Gasteiger partial charge in [-0.15, -0.1) is 0 Å². The lowest BCUT2D eigenvalue weighted by atomic mass is 9.93. The zero-order valence-corrected chi connectivity index (χ0v) is 31.2. The van der Waals surface area contributed by atoms with Gasteiger partial charge in [0.2, 0.25) is 0 Å². The van der Waals surface area contributed by atoms with E-state index in [0.29, 0.717) is 17.5 Å². The molecule has 3 heterocycles. The summed E-state index contributed by atoms with van der Waals surface area (Å²) in [7, 11) is 0. The predicted molar refractivity (Wildman–Crippen MR) is 238 cm³/mol. The van der Waals surface area contributed by atoms with Crippen molar-refractivity contribution >= 4 is 65.3 Å². The lowest BCUT2D eigenvalue weighted by Crippen LogP contribution is -2.01. The number of para-hydroxylation sites is 1. The highest BCUT2D eigenvalue weighted by atomic mass is 16.3. The highest BCUT2D eigenvalue weighted by Crippen LogP contribution is 2.45. The van der Waals surface area contributed by atoms with E-state index in [1.54, 1.807) is 0 Å². The average molecular weight is 741 g/mol. The molecule has 0 N–H and O–H groups in total. The Bertz CT molecular complexity index is 3490. The number of aromatic nitrogens is 4. The fourth-order valence-electron chi connectivity index (χ4n) is 8.73. The van der Waals surface area contributed by atoms with Crippen LogP contribution in [0.2, 0.25) is 0 Å². The standard InChI is InChI=1S/C53H32N4O/c1-3-14-34(15-4-1)51-54-52(35-16-5-2-6-17-35)56-53(55-51)36-23-27-39(28-24-36)57-49-41-20-10-7-13-33(41)25-29-43(49)45-31-37-18-8-9-19-40(37)48(50(45)57)38-26-30-47-44(32-38)42-21-11-12-22-46(42)58-47/h1-32H. The molecule has 0 aliphatic heterocycles. The molecule has 0 aliphatic carbocycles. The molecule has 9 aromatic carbocycles. The van der Waals surface area contributed by atoms with Crippen molar-refractivity contribution in [2.75, 3.05) is 0 Å². The van der Waals surface area contributed by atoms with Crippen LogP contribution in [0.5, 0.6) is 0 Å². The molecule has 0 aliphatic rings. The van der Waals surface area contributed by atoms with Crippen LogP contribution >= 0.6 is 0 Å². The van der Waals surface area contributed by atoms with Crippen LogP contribution in [0.1, 0.15) is 0 Å². The van der Waals surface area contributed by atoms with E-state index in [0.717, 1.165) is 55.4 Å². The molecule has 0 amide bonds. The van der Waals surface area contributed by atoms with Crippen molar-refractivity contribution < 1.29 is 4.42 Å². The van der Waals surface area contributed by atoms with Crippen molar-refractivity contribution in [2.45, 2.75) is 0 Å². The largest absolute Gasteiger partial charge is 0.456 e. The van der Waals surface area contributed by atoms with Gasteiger partial charge in [-0.1, -0.05) is 146 Å². The van der Waals surface area contributed by atoms with Gasteiger partial charge >= 0.3 is 0 Å². The van der Waals surface area contributed by atoms with Crippen LogP contribution in [0, 0.1) is 0 Å². The van der Waals surface area contributed by atoms with Crippen LogP contribution in [-0.4, -0.2) is 19.5 Å². The molecule has 0 unspecified atom stereocenters. The van der Waals surface area contributed by atoms with Gasteiger partial charge in [-0.2, -0.15) is 0 Å². The Morgan fingerprint density at radius 1 is 0.328 bits per heavy atom. The minimum absolute atomic E-state index is 0.624. The molecule has 0 radical (unpaired) electrons. The number of hydrogen-bond acceptors (Lipinski definition) is 4. The van der Waals surface area contributed by atoms with Crippen molar-refractivity contribution in [2.24, 2.45) is 0 Å². The summed E-state index contributed by atoms with van der Waals surface area (Å²) in [6.45, 7) is 0. The van der Waals surface area contributed by atoms with Crippen molar-refractivity contribution in [1.82, 2.24) is 19.5 Å². The van der Waals surface area contributed by atoms with E-state index in [2.05, 4.69) is 126 Å². The highest BCUT2D eigenvalue weighted by molar-refractivity contribution is 6.25. The maximum absolute atomic E-state index is 6.30. The number of fused-ring (bicyclic) bond motifs is 9. The fraction of sp³-hybridized carbons (Fsp3) is 0. The molecule has 12 rings (SSSR count). The quantitative estimate of drug-likeness (QED) is 0.176. The third-order valence-corrected chi connectivity index (χ3v) is 11.4.